The molecule has 0 bridgehead atoms. The van der Waals surface area contributed by atoms with Gasteiger partial charge in [0.25, 0.3) is 0 Å². The highest BCUT2D eigenvalue weighted by atomic mass is 16.2. The highest BCUT2D eigenvalue weighted by molar-refractivity contribution is 5.80. The van der Waals surface area contributed by atoms with Gasteiger partial charge in [-0.1, -0.05) is 6.92 Å². The van der Waals surface area contributed by atoms with E-state index in [1.54, 1.807) is 0 Å². The summed E-state index contributed by atoms with van der Waals surface area (Å²) >= 11 is 0. The Morgan fingerprint density at radius 2 is 1.68 bits per heavy atom. The minimum atomic E-state index is -0.0194. The molecule has 1 aliphatic heterocycles. The molecule has 1 saturated heterocycles. The second-order valence-corrected chi connectivity index (χ2v) is 5.42. The van der Waals surface area contributed by atoms with Crippen molar-refractivity contribution in [3.63, 3.8) is 0 Å². The summed E-state index contributed by atoms with van der Waals surface area (Å²) in [6.45, 7) is 5.41. The van der Waals surface area contributed by atoms with Gasteiger partial charge in [-0.25, -0.2) is 0 Å². The molecule has 1 unspecified atom stereocenters. The molecule has 6 nitrogen and oxygen atoms in total. The van der Waals surface area contributed by atoms with E-state index in [1.807, 2.05) is 35.7 Å². The van der Waals surface area contributed by atoms with Crippen molar-refractivity contribution < 1.29 is 9.59 Å². The van der Waals surface area contributed by atoms with Gasteiger partial charge in [-0.05, 0) is 27.1 Å². The van der Waals surface area contributed by atoms with E-state index in [9.17, 15) is 9.59 Å². The maximum absolute atomic E-state index is 12.1. The van der Waals surface area contributed by atoms with Crippen molar-refractivity contribution in [2.24, 2.45) is 11.7 Å². The number of hydrogen-bond acceptors (Lipinski definition) is 4. The molecule has 0 aromatic heterocycles. The van der Waals surface area contributed by atoms with Crippen LogP contribution in [-0.2, 0) is 9.59 Å². The number of nitrogens with two attached hydrogens (primary N) is 1. The van der Waals surface area contributed by atoms with Crippen molar-refractivity contribution >= 4 is 11.8 Å². The van der Waals surface area contributed by atoms with Crippen LogP contribution in [0.15, 0.2) is 0 Å². The lowest BCUT2D eigenvalue weighted by Crippen LogP contribution is -2.53. The van der Waals surface area contributed by atoms with E-state index in [2.05, 4.69) is 0 Å². The van der Waals surface area contributed by atoms with E-state index < -0.39 is 0 Å². The Labute approximate surface area is 115 Å². The molecule has 0 aromatic rings. The Bertz CT molecular complexity index is 312. The summed E-state index contributed by atoms with van der Waals surface area (Å²) in [6, 6.07) is 0. The summed E-state index contributed by atoms with van der Waals surface area (Å²) in [5.41, 5.74) is 5.48. The number of rotatable bonds is 5. The minimum Gasteiger partial charge on any atom is -0.339 e. The van der Waals surface area contributed by atoms with E-state index in [1.165, 1.54) is 0 Å². The van der Waals surface area contributed by atoms with Crippen molar-refractivity contribution in [3.05, 3.63) is 0 Å². The summed E-state index contributed by atoms with van der Waals surface area (Å²) in [5.74, 6) is 0.270. The summed E-state index contributed by atoms with van der Waals surface area (Å²) in [6.07, 6.45) is 0.721. The lowest BCUT2D eigenvalue weighted by atomic mass is 10.1. The van der Waals surface area contributed by atoms with Gasteiger partial charge in [0.2, 0.25) is 11.8 Å². The molecule has 0 spiro atoms. The van der Waals surface area contributed by atoms with Gasteiger partial charge in [-0.15, -0.1) is 0 Å². The van der Waals surface area contributed by atoms with Crippen molar-refractivity contribution in [2.75, 3.05) is 53.4 Å². The Balaban J connectivity index is 2.40. The van der Waals surface area contributed by atoms with Gasteiger partial charge in [0, 0.05) is 32.1 Å². The molecular formula is C13H26N4O2. The van der Waals surface area contributed by atoms with Gasteiger partial charge in [0.15, 0.2) is 0 Å². The Kier molecular flexibility index (Phi) is 6.24. The zero-order valence-electron chi connectivity index (χ0n) is 12.3. The molecule has 1 aliphatic rings. The number of carbonyl (C=O) groups is 2. The Hall–Kier alpha value is -1.14. The number of hydrogen-bond donors (Lipinski definition) is 1. The third-order valence-corrected chi connectivity index (χ3v) is 3.42. The van der Waals surface area contributed by atoms with Gasteiger partial charge in [-0.2, -0.15) is 0 Å². The van der Waals surface area contributed by atoms with Crippen LogP contribution in [0.3, 0.4) is 0 Å². The maximum atomic E-state index is 12.1. The first kappa shape index (κ1) is 15.9. The molecule has 2 amide bonds. The highest BCUT2D eigenvalue weighted by Crippen LogP contribution is 2.10. The van der Waals surface area contributed by atoms with Gasteiger partial charge >= 0.3 is 0 Å². The van der Waals surface area contributed by atoms with E-state index in [0.717, 1.165) is 6.42 Å². The molecule has 6 heteroatoms. The number of piperazine rings is 1. The molecule has 2 N–H and O–H groups in total. The summed E-state index contributed by atoms with van der Waals surface area (Å²) in [7, 11) is 3.76. The molecule has 0 aromatic carbocycles. The minimum absolute atomic E-state index is 0.0194. The zero-order valence-corrected chi connectivity index (χ0v) is 12.3. The van der Waals surface area contributed by atoms with Crippen LogP contribution in [0.4, 0.5) is 0 Å². The topological polar surface area (TPSA) is 69.9 Å². The third kappa shape index (κ3) is 4.80. The molecule has 0 aliphatic carbocycles. The fraction of sp³-hybridized carbons (Fsp3) is 0.846. The maximum Gasteiger partial charge on any atom is 0.236 e. The van der Waals surface area contributed by atoms with Crippen molar-refractivity contribution in [2.45, 2.75) is 13.3 Å². The van der Waals surface area contributed by atoms with Crippen LogP contribution in [0.25, 0.3) is 0 Å². The molecule has 19 heavy (non-hydrogen) atoms. The average Bonchev–Trinajstić information content (AvgIpc) is 2.37. The summed E-state index contributed by atoms with van der Waals surface area (Å²) < 4.78 is 0. The fourth-order valence-electron chi connectivity index (χ4n) is 2.23. The standard InChI is InChI=1S/C13H26N4O2/c1-11(4-5-14)13(19)17-8-6-16(7-9-17)12(18)10-15(2)3/h11H,4-10,14H2,1-3H3. The quantitative estimate of drug-likeness (QED) is 0.710. The smallest absolute Gasteiger partial charge is 0.236 e. The largest absolute Gasteiger partial charge is 0.339 e. The second kappa shape index (κ2) is 7.45. The van der Waals surface area contributed by atoms with Crippen LogP contribution in [0.1, 0.15) is 13.3 Å². The SMILES string of the molecule is CC(CCN)C(=O)N1CCN(C(=O)CN(C)C)CC1. The van der Waals surface area contributed by atoms with E-state index in [0.29, 0.717) is 39.3 Å². The number of nitrogens with zero attached hydrogens (tertiary/aromatic N) is 3. The first-order chi connectivity index (χ1) is 8.95. The average molecular weight is 270 g/mol. The van der Waals surface area contributed by atoms with Crippen LogP contribution in [-0.4, -0.2) is 79.9 Å². The number of amides is 2. The predicted molar refractivity (Wildman–Crippen MR) is 74.5 cm³/mol. The van der Waals surface area contributed by atoms with Crippen LogP contribution >= 0.6 is 0 Å². The molecule has 110 valence electrons. The zero-order chi connectivity index (χ0) is 14.4. The number of carbonyl (C=O) groups excluding carboxylic acids is 2. The van der Waals surface area contributed by atoms with E-state index >= 15 is 0 Å². The van der Waals surface area contributed by atoms with Gasteiger partial charge in [-0.3, -0.25) is 9.59 Å². The molecular weight excluding hydrogens is 244 g/mol. The molecule has 0 saturated carbocycles. The summed E-state index contributed by atoms with van der Waals surface area (Å²) in [5, 5.41) is 0. The molecule has 1 atom stereocenters. The van der Waals surface area contributed by atoms with E-state index in [4.69, 9.17) is 5.73 Å². The van der Waals surface area contributed by atoms with Crippen molar-refractivity contribution in [1.82, 2.24) is 14.7 Å². The Morgan fingerprint density at radius 1 is 1.16 bits per heavy atom. The molecule has 0 radical (unpaired) electrons. The van der Waals surface area contributed by atoms with E-state index in [-0.39, 0.29) is 17.7 Å². The summed E-state index contributed by atoms with van der Waals surface area (Å²) in [4.78, 5) is 29.5. The van der Waals surface area contributed by atoms with Crippen molar-refractivity contribution in [3.8, 4) is 0 Å². The van der Waals surface area contributed by atoms with Gasteiger partial charge in [0.05, 0.1) is 6.54 Å². The van der Waals surface area contributed by atoms with Crippen LogP contribution in [0, 0.1) is 5.92 Å². The van der Waals surface area contributed by atoms with Crippen LogP contribution in [0.2, 0.25) is 0 Å². The van der Waals surface area contributed by atoms with Crippen LogP contribution < -0.4 is 5.73 Å². The highest BCUT2D eigenvalue weighted by Gasteiger charge is 2.26. The molecule has 1 fully saturated rings. The fourth-order valence-corrected chi connectivity index (χ4v) is 2.23. The molecule has 1 heterocycles. The van der Waals surface area contributed by atoms with Crippen molar-refractivity contribution in [1.29, 1.82) is 0 Å². The predicted octanol–water partition coefficient (Wildman–Crippen LogP) is -0.796. The monoisotopic (exact) mass is 270 g/mol. The third-order valence-electron chi connectivity index (χ3n) is 3.42. The number of likely N-dealkylation sites (N-methyl/N-ethyl adjacent to an activating group) is 1. The molecule has 1 rings (SSSR count). The van der Waals surface area contributed by atoms with Gasteiger partial charge < -0.3 is 20.4 Å². The lowest BCUT2D eigenvalue weighted by molar-refractivity contribution is -0.142. The lowest BCUT2D eigenvalue weighted by Gasteiger charge is -2.36. The normalized spacial score (nSPS) is 17.7. The first-order valence-electron chi connectivity index (χ1n) is 6.87. The van der Waals surface area contributed by atoms with Crippen LogP contribution in [0.5, 0.6) is 0 Å². The Morgan fingerprint density at radius 3 is 2.16 bits per heavy atom. The first-order valence-corrected chi connectivity index (χ1v) is 6.87. The van der Waals surface area contributed by atoms with Gasteiger partial charge in [0.1, 0.15) is 0 Å². The second-order valence-electron chi connectivity index (χ2n) is 5.42.